The van der Waals surface area contributed by atoms with Gasteiger partial charge in [-0.3, -0.25) is 4.79 Å². The van der Waals surface area contributed by atoms with Gasteiger partial charge in [-0.25, -0.2) is 4.79 Å². The minimum Gasteiger partial charge on any atom is -0.488 e. The first-order valence-corrected chi connectivity index (χ1v) is 11.8. The molecular formula is C27H32N4O4. The predicted octanol–water partition coefficient (Wildman–Crippen LogP) is 3.92. The average Bonchev–Trinajstić information content (AvgIpc) is 2.86. The molecule has 3 aromatic rings. The van der Waals surface area contributed by atoms with E-state index in [0.29, 0.717) is 35.8 Å². The van der Waals surface area contributed by atoms with Gasteiger partial charge in [-0.2, -0.15) is 0 Å². The fourth-order valence-corrected chi connectivity index (χ4v) is 4.36. The summed E-state index contributed by atoms with van der Waals surface area (Å²) in [6, 6.07) is 17.8. The van der Waals surface area contributed by atoms with E-state index in [2.05, 4.69) is 16.0 Å². The maximum atomic E-state index is 13.5. The van der Waals surface area contributed by atoms with Crippen LogP contribution in [0.3, 0.4) is 0 Å². The number of carbonyl (C=O) groups excluding carboxylic acids is 2. The molecule has 3 aromatic carbocycles. The summed E-state index contributed by atoms with van der Waals surface area (Å²) < 4.78 is 6.22. The van der Waals surface area contributed by atoms with Crippen LogP contribution in [-0.4, -0.2) is 60.8 Å². The summed E-state index contributed by atoms with van der Waals surface area (Å²) in [5.74, 6) is 0.268. The summed E-state index contributed by atoms with van der Waals surface area (Å²) in [5.41, 5.74) is 1.51. The van der Waals surface area contributed by atoms with Gasteiger partial charge in [0.25, 0.3) is 5.91 Å². The lowest BCUT2D eigenvalue weighted by molar-refractivity contribution is 0.0416. The number of carbonyl (C=O) groups is 2. The van der Waals surface area contributed by atoms with Gasteiger partial charge in [-0.15, -0.1) is 0 Å². The number of aliphatic hydroxyl groups is 1. The molecule has 0 radical (unpaired) electrons. The Balaban J connectivity index is 1.60. The second-order valence-corrected chi connectivity index (χ2v) is 9.00. The number of hydrogen-bond donors (Lipinski definition) is 4. The molecule has 8 nitrogen and oxygen atoms in total. The van der Waals surface area contributed by atoms with Crippen LogP contribution in [0.25, 0.3) is 10.8 Å². The molecule has 1 aliphatic heterocycles. The van der Waals surface area contributed by atoms with E-state index in [9.17, 15) is 14.7 Å². The van der Waals surface area contributed by atoms with Gasteiger partial charge in [0.2, 0.25) is 0 Å². The predicted molar refractivity (Wildman–Crippen MR) is 138 cm³/mol. The molecule has 4 rings (SSSR count). The molecule has 0 aliphatic carbocycles. The molecule has 0 spiro atoms. The zero-order chi connectivity index (χ0) is 24.9. The van der Waals surface area contributed by atoms with E-state index in [0.717, 1.165) is 10.8 Å². The van der Waals surface area contributed by atoms with Crippen LogP contribution in [0.4, 0.5) is 16.2 Å². The Morgan fingerprint density at radius 1 is 1.14 bits per heavy atom. The highest BCUT2D eigenvalue weighted by Gasteiger charge is 2.32. The second-order valence-electron chi connectivity index (χ2n) is 9.00. The number of nitrogens with zero attached hydrogens (tertiary/aromatic N) is 1. The monoisotopic (exact) mass is 476 g/mol. The summed E-state index contributed by atoms with van der Waals surface area (Å²) in [6.07, 6.45) is -0.159. The first-order valence-electron chi connectivity index (χ1n) is 11.8. The Bertz CT molecular complexity index is 1210. The first kappa shape index (κ1) is 24.5. The summed E-state index contributed by atoms with van der Waals surface area (Å²) in [4.78, 5) is 27.9. The fraction of sp³-hybridized carbons (Fsp3) is 0.333. The molecule has 0 unspecified atom stereocenters. The number of anilines is 2. The van der Waals surface area contributed by atoms with Crippen molar-refractivity contribution in [2.75, 3.05) is 37.4 Å². The van der Waals surface area contributed by atoms with Crippen LogP contribution in [0.2, 0.25) is 0 Å². The van der Waals surface area contributed by atoms with Crippen LogP contribution in [0, 0.1) is 5.92 Å². The molecule has 0 aromatic heterocycles. The summed E-state index contributed by atoms with van der Waals surface area (Å²) in [6.45, 7) is 4.77. The highest BCUT2D eigenvalue weighted by atomic mass is 16.5. The van der Waals surface area contributed by atoms with Gasteiger partial charge in [0.15, 0.2) is 0 Å². The molecule has 3 atom stereocenters. The number of benzene rings is 3. The summed E-state index contributed by atoms with van der Waals surface area (Å²) in [5, 5.41) is 20.6. The zero-order valence-electron chi connectivity index (χ0n) is 20.2. The number of nitrogens with one attached hydrogen (secondary N) is 3. The van der Waals surface area contributed by atoms with Crippen LogP contribution >= 0.6 is 0 Å². The largest absolute Gasteiger partial charge is 0.488 e. The molecule has 0 saturated heterocycles. The quantitative estimate of drug-likeness (QED) is 0.432. The zero-order valence-corrected chi connectivity index (χ0v) is 20.2. The van der Waals surface area contributed by atoms with Crippen molar-refractivity contribution >= 4 is 34.1 Å². The fourth-order valence-electron chi connectivity index (χ4n) is 4.36. The van der Waals surface area contributed by atoms with Gasteiger partial charge in [0.05, 0.1) is 23.9 Å². The third kappa shape index (κ3) is 5.39. The van der Waals surface area contributed by atoms with E-state index in [-0.39, 0.29) is 30.6 Å². The molecule has 3 amide bonds. The minimum absolute atomic E-state index is 0.0535. The Kier molecular flexibility index (Phi) is 7.53. The number of urea groups is 1. The second kappa shape index (κ2) is 10.8. The molecule has 0 saturated carbocycles. The molecule has 1 aliphatic rings. The summed E-state index contributed by atoms with van der Waals surface area (Å²) in [7, 11) is 1.86. The molecule has 1 heterocycles. The molecule has 184 valence electrons. The molecule has 0 bridgehead atoms. The number of amides is 3. The van der Waals surface area contributed by atoms with Gasteiger partial charge in [-0.05, 0) is 43.6 Å². The number of hydrogen-bond acceptors (Lipinski definition) is 5. The Morgan fingerprint density at radius 2 is 1.91 bits per heavy atom. The third-order valence-electron chi connectivity index (χ3n) is 6.37. The normalized spacial score (nSPS) is 18.7. The third-order valence-corrected chi connectivity index (χ3v) is 6.37. The van der Waals surface area contributed by atoms with Crippen LogP contribution in [0.15, 0.2) is 60.7 Å². The first-order chi connectivity index (χ1) is 16.9. The standard InChI is InChI=1S/C27H32N4O4/c1-17-15-31(18(2)16-32)26(33)22-13-20(11-12-24(22)35-25(17)14-28-3)29-27(34)30-23-10-6-8-19-7-4-5-9-21(19)23/h4-13,17-18,25,28,32H,14-16H2,1-3H3,(H2,29,30,34)/t17-,18+,25+/m1/s1. The van der Waals surface area contributed by atoms with Gasteiger partial charge < -0.3 is 30.7 Å². The Morgan fingerprint density at radius 3 is 2.69 bits per heavy atom. The lowest BCUT2D eigenvalue weighted by Crippen LogP contribution is -2.49. The maximum Gasteiger partial charge on any atom is 0.323 e. The highest BCUT2D eigenvalue weighted by Crippen LogP contribution is 2.30. The minimum atomic E-state index is -0.414. The topological polar surface area (TPSA) is 103 Å². The Labute approximate surface area is 205 Å². The van der Waals surface area contributed by atoms with Crippen molar-refractivity contribution in [2.45, 2.75) is 26.0 Å². The lowest BCUT2D eigenvalue weighted by Gasteiger charge is -2.37. The van der Waals surface area contributed by atoms with Crippen LogP contribution < -0.4 is 20.7 Å². The number of rotatable bonds is 6. The average molecular weight is 477 g/mol. The molecule has 8 heteroatoms. The molecule has 35 heavy (non-hydrogen) atoms. The van der Waals surface area contributed by atoms with Crippen molar-refractivity contribution in [2.24, 2.45) is 5.92 Å². The van der Waals surface area contributed by atoms with Crippen molar-refractivity contribution in [3.05, 3.63) is 66.2 Å². The number of aliphatic hydroxyl groups excluding tert-OH is 1. The van der Waals surface area contributed by atoms with Crippen molar-refractivity contribution < 1.29 is 19.4 Å². The molecular weight excluding hydrogens is 444 g/mol. The van der Waals surface area contributed by atoms with E-state index in [4.69, 9.17) is 4.74 Å². The highest BCUT2D eigenvalue weighted by molar-refractivity contribution is 6.07. The van der Waals surface area contributed by atoms with Crippen LogP contribution in [0.5, 0.6) is 5.75 Å². The van der Waals surface area contributed by atoms with Crippen LogP contribution in [-0.2, 0) is 0 Å². The van der Waals surface area contributed by atoms with Crippen LogP contribution in [0.1, 0.15) is 24.2 Å². The van der Waals surface area contributed by atoms with E-state index in [1.807, 2.05) is 63.4 Å². The van der Waals surface area contributed by atoms with Crippen molar-refractivity contribution in [1.29, 1.82) is 0 Å². The lowest BCUT2D eigenvalue weighted by atomic mass is 9.99. The van der Waals surface area contributed by atoms with Crippen molar-refractivity contribution in [1.82, 2.24) is 10.2 Å². The van der Waals surface area contributed by atoms with Gasteiger partial charge in [-0.1, -0.05) is 43.3 Å². The number of likely N-dealkylation sites (N-methyl/N-ethyl adjacent to an activating group) is 1. The summed E-state index contributed by atoms with van der Waals surface area (Å²) >= 11 is 0. The van der Waals surface area contributed by atoms with Gasteiger partial charge in [0.1, 0.15) is 11.9 Å². The number of ether oxygens (including phenoxy) is 1. The van der Waals surface area contributed by atoms with E-state index < -0.39 is 6.03 Å². The van der Waals surface area contributed by atoms with Gasteiger partial charge in [0, 0.05) is 30.1 Å². The van der Waals surface area contributed by atoms with E-state index in [1.54, 1.807) is 23.1 Å². The molecule has 0 fully saturated rings. The van der Waals surface area contributed by atoms with E-state index >= 15 is 0 Å². The van der Waals surface area contributed by atoms with Crippen molar-refractivity contribution in [3.8, 4) is 5.75 Å². The van der Waals surface area contributed by atoms with E-state index in [1.165, 1.54) is 0 Å². The SMILES string of the molecule is CNC[C@@H]1Oc2ccc(NC(=O)Nc3cccc4ccccc34)cc2C(=O)N([C@@H](C)CO)C[C@H]1C. The van der Waals surface area contributed by atoms with Crippen molar-refractivity contribution in [3.63, 3.8) is 0 Å². The Hall–Kier alpha value is -3.62. The molecule has 4 N–H and O–H groups in total. The smallest absolute Gasteiger partial charge is 0.323 e. The number of fused-ring (bicyclic) bond motifs is 2. The van der Waals surface area contributed by atoms with Gasteiger partial charge >= 0.3 is 6.03 Å². The maximum absolute atomic E-state index is 13.5.